The second kappa shape index (κ2) is 11.6. The van der Waals surface area contributed by atoms with E-state index >= 15 is 0 Å². The molecule has 1 heterocycles. The van der Waals surface area contributed by atoms with Gasteiger partial charge in [-0.1, -0.05) is 29.3 Å². The second-order valence-corrected chi connectivity index (χ2v) is 7.90. The molecular weight excluding hydrogens is 487 g/mol. The molecule has 0 aromatic heterocycles. The molecule has 0 bridgehead atoms. The molecule has 34 heavy (non-hydrogen) atoms. The van der Waals surface area contributed by atoms with Gasteiger partial charge in [-0.15, -0.1) is 0 Å². The van der Waals surface area contributed by atoms with Crippen molar-refractivity contribution in [3.05, 3.63) is 62.6 Å². The number of benzene rings is 2. The van der Waals surface area contributed by atoms with Crippen LogP contribution < -0.4 is 9.47 Å². The van der Waals surface area contributed by atoms with E-state index in [-0.39, 0.29) is 32.7 Å². The summed E-state index contributed by atoms with van der Waals surface area (Å²) in [6.07, 6.45) is 1.82. The van der Waals surface area contributed by atoms with Crippen molar-refractivity contribution in [1.29, 1.82) is 0 Å². The molecule has 182 valence electrons. The van der Waals surface area contributed by atoms with Crippen LogP contribution >= 0.6 is 23.2 Å². The van der Waals surface area contributed by atoms with Crippen molar-refractivity contribution in [2.45, 2.75) is 12.7 Å². The number of rotatable bonds is 8. The molecule has 0 saturated carbocycles. The molecule has 0 atom stereocenters. The van der Waals surface area contributed by atoms with Gasteiger partial charge >= 0.3 is 11.9 Å². The van der Waals surface area contributed by atoms with Crippen LogP contribution in [-0.2, 0) is 18.9 Å². The summed E-state index contributed by atoms with van der Waals surface area (Å²) in [6.45, 7) is 0.991. The molecule has 0 spiro atoms. The molecule has 1 saturated heterocycles. The minimum Gasteiger partial charge on any atom is -0.494 e. The van der Waals surface area contributed by atoms with Gasteiger partial charge in [0.05, 0.1) is 51.7 Å². The highest BCUT2D eigenvalue weighted by molar-refractivity contribution is 6.33. The lowest BCUT2D eigenvalue weighted by atomic mass is 9.93. The number of hydrogen-bond donors (Lipinski definition) is 0. The third-order valence-corrected chi connectivity index (χ3v) is 5.69. The molecule has 0 aliphatic carbocycles. The largest absolute Gasteiger partial charge is 0.494 e. The molecule has 2 aromatic carbocycles. The quantitative estimate of drug-likeness (QED) is 0.468. The number of esters is 2. The van der Waals surface area contributed by atoms with E-state index in [0.717, 1.165) is 0 Å². The summed E-state index contributed by atoms with van der Waals surface area (Å²) in [7, 11) is 5.34. The smallest absolute Gasteiger partial charge is 0.341 e. The van der Waals surface area contributed by atoms with E-state index in [2.05, 4.69) is 0 Å². The maximum atomic E-state index is 12.4. The third-order valence-electron chi connectivity index (χ3n) is 5.13. The Bertz CT molecular complexity index is 1030. The number of halogens is 2. The van der Waals surface area contributed by atoms with Crippen LogP contribution in [-0.4, -0.2) is 59.9 Å². The lowest BCUT2D eigenvalue weighted by Crippen LogP contribution is -2.08. The van der Waals surface area contributed by atoms with Gasteiger partial charge in [-0.3, -0.25) is 0 Å². The number of ether oxygens (including phenoxy) is 6. The van der Waals surface area contributed by atoms with Crippen LogP contribution in [0.25, 0.3) is 5.57 Å². The average Bonchev–Trinajstić information content (AvgIpc) is 3.36. The third kappa shape index (κ3) is 5.47. The van der Waals surface area contributed by atoms with E-state index in [4.69, 9.17) is 51.6 Å². The van der Waals surface area contributed by atoms with Crippen molar-refractivity contribution >= 4 is 40.7 Å². The predicted octanol–water partition coefficient (Wildman–Crippen LogP) is 4.78. The molecule has 1 fully saturated rings. The minimum absolute atomic E-state index is 0.138. The zero-order valence-electron chi connectivity index (χ0n) is 19.1. The van der Waals surface area contributed by atoms with Crippen LogP contribution in [0.5, 0.6) is 11.5 Å². The minimum atomic E-state index is -0.620. The summed E-state index contributed by atoms with van der Waals surface area (Å²) >= 11 is 12.9. The highest BCUT2D eigenvalue weighted by Gasteiger charge is 2.23. The molecule has 0 radical (unpaired) electrons. The van der Waals surface area contributed by atoms with Gasteiger partial charge in [0.1, 0.15) is 11.1 Å². The average molecular weight is 511 g/mol. The van der Waals surface area contributed by atoms with E-state index < -0.39 is 18.2 Å². The first-order chi connectivity index (χ1) is 16.3. The van der Waals surface area contributed by atoms with Gasteiger partial charge < -0.3 is 28.4 Å². The Balaban J connectivity index is 2.23. The lowest BCUT2D eigenvalue weighted by Gasteiger charge is -2.17. The summed E-state index contributed by atoms with van der Waals surface area (Å²) in [6, 6.07) is 6.47. The van der Waals surface area contributed by atoms with Crippen molar-refractivity contribution in [2.24, 2.45) is 0 Å². The number of hydrogen-bond acceptors (Lipinski definition) is 8. The van der Waals surface area contributed by atoms with Crippen molar-refractivity contribution in [3.8, 4) is 11.5 Å². The van der Waals surface area contributed by atoms with Crippen molar-refractivity contribution < 1.29 is 38.0 Å². The first-order valence-corrected chi connectivity index (χ1v) is 11.0. The van der Waals surface area contributed by atoms with Gasteiger partial charge in [-0.25, -0.2) is 9.59 Å². The summed E-state index contributed by atoms with van der Waals surface area (Å²) in [4.78, 5) is 24.8. The molecule has 0 unspecified atom stereocenters. The molecule has 1 aliphatic rings. The van der Waals surface area contributed by atoms with Crippen molar-refractivity contribution in [3.63, 3.8) is 0 Å². The van der Waals surface area contributed by atoms with Gasteiger partial charge in [-0.2, -0.15) is 0 Å². The van der Waals surface area contributed by atoms with E-state index in [0.29, 0.717) is 36.3 Å². The molecule has 8 nitrogen and oxygen atoms in total. The predicted molar refractivity (Wildman–Crippen MR) is 126 cm³/mol. The van der Waals surface area contributed by atoms with Crippen LogP contribution in [0, 0.1) is 0 Å². The Morgan fingerprint density at radius 2 is 1.29 bits per heavy atom. The topological polar surface area (TPSA) is 89.5 Å². The molecule has 1 aliphatic heterocycles. The van der Waals surface area contributed by atoms with Gasteiger partial charge in [0.15, 0.2) is 17.8 Å². The van der Waals surface area contributed by atoms with Gasteiger partial charge in [-0.05, 0) is 41.0 Å². The molecule has 10 heteroatoms. The van der Waals surface area contributed by atoms with Crippen LogP contribution in [0.15, 0.2) is 30.3 Å². The fourth-order valence-corrected chi connectivity index (χ4v) is 4.19. The second-order valence-electron chi connectivity index (χ2n) is 7.09. The normalized spacial score (nSPS) is 13.4. The molecule has 3 rings (SSSR count). The number of methoxy groups -OCH3 is 4. The standard InChI is InChI=1S/C24H24Cl2O8/c1-29-21-16(23(27)31-3)9-13(11-18(21)25)15(5-6-20-33-7-8-34-20)14-10-17(24(28)32-4)22(30-2)19(26)12-14/h5,9-12,20H,6-8H2,1-4H3. The van der Waals surface area contributed by atoms with E-state index in [1.54, 1.807) is 24.3 Å². The Labute approximate surface area is 207 Å². The zero-order chi connectivity index (χ0) is 24.8. The number of carbonyl (C=O) groups is 2. The SMILES string of the molecule is COC(=O)c1cc(C(=CCC2OCCO2)c2cc(Cl)c(OC)c(C(=O)OC)c2)cc(Cl)c1OC. The maximum absolute atomic E-state index is 12.4. The zero-order valence-corrected chi connectivity index (χ0v) is 20.6. The van der Waals surface area contributed by atoms with E-state index in [1.165, 1.54) is 28.4 Å². The first-order valence-electron chi connectivity index (χ1n) is 10.2. The summed E-state index contributed by atoms with van der Waals surface area (Å²) in [5.41, 5.74) is 2.00. The Morgan fingerprint density at radius 3 is 1.68 bits per heavy atom. The lowest BCUT2D eigenvalue weighted by molar-refractivity contribution is -0.0379. The maximum Gasteiger partial charge on any atom is 0.341 e. The fraction of sp³-hybridized carbons (Fsp3) is 0.333. The van der Waals surface area contributed by atoms with Gasteiger partial charge in [0.2, 0.25) is 0 Å². The fourth-order valence-electron chi connectivity index (χ4n) is 3.60. The highest BCUT2D eigenvalue weighted by atomic mass is 35.5. The highest BCUT2D eigenvalue weighted by Crippen LogP contribution is 2.39. The van der Waals surface area contributed by atoms with Gasteiger partial charge in [0.25, 0.3) is 0 Å². The van der Waals surface area contributed by atoms with Crippen molar-refractivity contribution in [2.75, 3.05) is 41.7 Å². The van der Waals surface area contributed by atoms with E-state index in [9.17, 15) is 9.59 Å². The van der Waals surface area contributed by atoms with Gasteiger partial charge in [0, 0.05) is 6.42 Å². The molecule has 0 amide bonds. The molecule has 2 aromatic rings. The number of carbonyl (C=O) groups excluding carboxylic acids is 2. The summed E-state index contributed by atoms with van der Waals surface area (Å²) < 4.78 is 31.5. The first kappa shape index (κ1) is 25.8. The van der Waals surface area contributed by atoms with Crippen LogP contribution in [0.1, 0.15) is 38.3 Å². The summed E-state index contributed by atoms with van der Waals surface area (Å²) in [5, 5.41) is 0.403. The van der Waals surface area contributed by atoms with E-state index in [1.807, 2.05) is 6.08 Å². The Morgan fingerprint density at radius 1 is 0.853 bits per heavy atom. The van der Waals surface area contributed by atoms with Crippen molar-refractivity contribution in [1.82, 2.24) is 0 Å². The molecule has 0 N–H and O–H groups in total. The summed E-state index contributed by atoms with van der Waals surface area (Å²) in [5.74, 6) is -0.875. The molecular formula is C24H24Cl2O8. The van der Waals surface area contributed by atoms with Crippen LogP contribution in [0.3, 0.4) is 0 Å². The Kier molecular flexibility index (Phi) is 8.79. The monoisotopic (exact) mass is 510 g/mol. The Hall–Kier alpha value is -2.78. The van der Waals surface area contributed by atoms with Crippen LogP contribution in [0.4, 0.5) is 0 Å². The van der Waals surface area contributed by atoms with Crippen LogP contribution in [0.2, 0.25) is 10.0 Å².